The van der Waals surface area contributed by atoms with Crippen LogP contribution in [0, 0.1) is 0 Å². The number of methoxy groups -OCH3 is 1. The lowest BCUT2D eigenvalue weighted by atomic mass is 10.0. The van der Waals surface area contributed by atoms with Crippen molar-refractivity contribution in [3.05, 3.63) is 29.8 Å². The Balaban J connectivity index is 1.78. The lowest BCUT2D eigenvalue weighted by Crippen LogP contribution is -2.28. The maximum atomic E-state index is 11.3. The number of hydrogen-bond donors (Lipinski definition) is 2. The van der Waals surface area contributed by atoms with Crippen molar-refractivity contribution >= 4 is 11.9 Å². The van der Waals surface area contributed by atoms with Crippen LogP contribution < -0.4 is 15.4 Å². The van der Waals surface area contributed by atoms with Crippen molar-refractivity contribution in [1.82, 2.24) is 10.6 Å². The molecule has 2 N–H and O–H groups in total. The van der Waals surface area contributed by atoms with Gasteiger partial charge in [-0.2, -0.15) is 0 Å². The van der Waals surface area contributed by atoms with Crippen LogP contribution in [0.1, 0.15) is 18.4 Å². The Morgan fingerprint density at radius 1 is 1.22 bits per heavy atom. The largest absolute Gasteiger partial charge is 0.497 e. The molecule has 1 heterocycles. The predicted molar refractivity (Wildman–Crippen MR) is 66.4 cm³/mol. The summed E-state index contributed by atoms with van der Waals surface area (Å²) in [6, 6.07) is 7.07. The van der Waals surface area contributed by atoms with E-state index in [2.05, 4.69) is 10.6 Å². The van der Waals surface area contributed by atoms with Gasteiger partial charge in [-0.3, -0.25) is 10.1 Å². The Labute approximate surface area is 106 Å². The van der Waals surface area contributed by atoms with E-state index in [0.29, 0.717) is 6.42 Å². The van der Waals surface area contributed by atoms with Gasteiger partial charge in [0, 0.05) is 0 Å². The molecule has 96 valence electrons. The molecule has 1 aliphatic heterocycles. The van der Waals surface area contributed by atoms with Crippen molar-refractivity contribution < 1.29 is 14.3 Å². The molecule has 1 aromatic rings. The normalized spacial score (nSPS) is 18.4. The number of aryl methyl sites for hydroxylation is 1. The average molecular weight is 248 g/mol. The van der Waals surface area contributed by atoms with Gasteiger partial charge in [-0.05, 0) is 37.0 Å². The average Bonchev–Trinajstić information content (AvgIpc) is 2.69. The number of amides is 3. The van der Waals surface area contributed by atoms with Gasteiger partial charge in [0.15, 0.2) is 0 Å². The minimum Gasteiger partial charge on any atom is -0.497 e. The maximum absolute atomic E-state index is 11.3. The van der Waals surface area contributed by atoms with Gasteiger partial charge in [0.25, 0.3) is 5.91 Å². The first-order valence-electron chi connectivity index (χ1n) is 5.93. The molecule has 0 aromatic heterocycles. The zero-order chi connectivity index (χ0) is 13.0. The van der Waals surface area contributed by atoms with Gasteiger partial charge < -0.3 is 10.1 Å². The molecule has 3 amide bonds. The van der Waals surface area contributed by atoms with Gasteiger partial charge in [-0.25, -0.2) is 4.79 Å². The fourth-order valence-corrected chi connectivity index (χ4v) is 1.96. The number of benzene rings is 1. The number of rotatable bonds is 5. The summed E-state index contributed by atoms with van der Waals surface area (Å²) < 4.78 is 5.08. The van der Waals surface area contributed by atoms with Crippen LogP contribution in [0.4, 0.5) is 4.79 Å². The fraction of sp³-hybridized carbons (Fsp3) is 0.385. The van der Waals surface area contributed by atoms with Crippen molar-refractivity contribution in [3.8, 4) is 5.75 Å². The molecule has 5 nitrogen and oxygen atoms in total. The minimum atomic E-state index is -0.394. The quantitative estimate of drug-likeness (QED) is 0.770. The highest BCUT2D eigenvalue weighted by Gasteiger charge is 2.28. The Kier molecular flexibility index (Phi) is 3.82. The van der Waals surface area contributed by atoms with Crippen LogP contribution in [0.15, 0.2) is 24.3 Å². The zero-order valence-electron chi connectivity index (χ0n) is 10.2. The molecule has 1 aromatic carbocycles. The SMILES string of the molecule is COc1ccc(CCCC2NC(=O)NC2=O)cc1. The molecule has 0 aliphatic carbocycles. The third kappa shape index (κ3) is 3.00. The van der Waals surface area contributed by atoms with Crippen molar-refractivity contribution in [2.45, 2.75) is 25.3 Å². The van der Waals surface area contributed by atoms with Crippen LogP contribution in [0.2, 0.25) is 0 Å². The summed E-state index contributed by atoms with van der Waals surface area (Å²) in [7, 11) is 1.64. The van der Waals surface area contributed by atoms with E-state index >= 15 is 0 Å². The smallest absolute Gasteiger partial charge is 0.322 e. The molecular weight excluding hydrogens is 232 g/mol. The molecule has 1 unspecified atom stereocenters. The molecule has 0 saturated carbocycles. The molecule has 1 saturated heterocycles. The van der Waals surface area contributed by atoms with Crippen LogP contribution in [-0.4, -0.2) is 25.1 Å². The van der Waals surface area contributed by atoms with Crippen LogP contribution in [-0.2, 0) is 11.2 Å². The Bertz CT molecular complexity index is 442. The van der Waals surface area contributed by atoms with E-state index in [-0.39, 0.29) is 11.9 Å². The van der Waals surface area contributed by atoms with Crippen LogP contribution in [0.5, 0.6) is 5.75 Å². The molecule has 2 rings (SSSR count). The van der Waals surface area contributed by atoms with E-state index in [0.717, 1.165) is 18.6 Å². The zero-order valence-corrected chi connectivity index (χ0v) is 10.2. The van der Waals surface area contributed by atoms with Gasteiger partial charge in [0.1, 0.15) is 11.8 Å². The standard InChI is InChI=1S/C13H16N2O3/c1-18-10-7-5-9(6-8-10)3-2-4-11-12(16)15-13(17)14-11/h5-8,11H,2-4H2,1H3,(H2,14,15,16,17). The molecular formula is C13H16N2O3. The Morgan fingerprint density at radius 3 is 2.50 bits per heavy atom. The number of nitrogens with one attached hydrogen (secondary N) is 2. The lowest BCUT2D eigenvalue weighted by molar-refractivity contribution is -0.120. The number of urea groups is 1. The van der Waals surface area contributed by atoms with Crippen molar-refractivity contribution in [2.24, 2.45) is 0 Å². The summed E-state index contributed by atoms with van der Waals surface area (Å²) in [6.07, 6.45) is 2.39. The topological polar surface area (TPSA) is 67.4 Å². The second-order valence-corrected chi connectivity index (χ2v) is 4.26. The number of imide groups is 1. The van der Waals surface area contributed by atoms with Gasteiger partial charge >= 0.3 is 6.03 Å². The molecule has 1 atom stereocenters. The maximum Gasteiger partial charge on any atom is 0.322 e. The first kappa shape index (κ1) is 12.4. The molecule has 1 aliphatic rings. The summed E-state index contributed by atoms with van der Waals surface area (Å²) in [5, 5.41) is 4.81. The van der Waals surface area contributed by atoms with E-state index in [4.69, 9.17) is 4.74 Å². The highest BCUT2D eigenvalue weighted by molar-refractivity contribution is 6.04. The monoisotopic (exact) mass is 248 g/mol. The first-order valence-corrected chi connectivity index (χ1v) is 5.93. The highest BCUT2D eigenvalue weighted by Crippen LogP contribution is 2.14. The van der Waals surface area contributed by atoms with E-state index in [9.17, 15) is 9.59 Å². The second-order valence-electron chi connectivity index (χ2n) is 4.26. The van der Waals surface area contributed by atoms with E-state index < -0.39 is 6.03 Å². The van der Waals surface area contributed by atoms with Gasteiger partial charge in [0.2, 0.25) is 0 Å². The fourth-order valence-electron chi connectivity index (χ4n) is 1.96. The van der Waals surface area contributed by atoms with E-state index in [1.54, 1.807) is 7.11 Å². The molecule has 0 radical (unpaired) electrons. The number of carbonyl (C=O) groups excluding carboxylic acids is 2. The third-order valence-corrected chi connectivity index (χ3v) is 2.98. The summed E-state index contributed by atoms with van der Waals surface area (Å²) in [6.45, 7) is 0. The Hall–Kier alpha value is -2.04. The molecule has 18 heavy (non-hydrogen) atoms. The minimum absolute atomic E-state index is 0.227. The third-order valence-electron chi connectivity index (χ3n) is 2.98. The summed E-state index contributed by atoms with van der Waals surface area (Å²) >= 11 is 0. The van der Waals surface area contributed by atoms with Crippen molar-refractivity contribution in [3.63, 3.8) is 0 Å². The lowest BCUT2D eigenvalue weighted by Gasteiger charge is -2.07. The van der Waals surface area contributed by atoms with Crippen LogP contribution in [0.25, 0.3) is 0 Å². The summed E-state index contributed by atoms with van der Waals surface area (Å²) in [5.41, 5.74) is 1.19. The van der Waals surface area contributed by atoms with Gasteiger partial charge in [-0.15, -0.1) is 0 Å². The van der Waals surface area contributed by atoms with Gasteiger partial charge in [-0.1, -0.05) is 12.1 Å². The second kappa shape index (κ2) is 5.53. The van der Waals surface area contributed by atoms with E-state index in [1.165, 1.54) is 5.56 Å². The molecule has 5 heteroatoms. The van der Waals surface area contributed by atoms with Gasteiger partial charge in [0.05, 0.1) is 7.11 Å². The molecule has 0 bridgehead atoms. The number of hydrogen-bond acceptors (Lipinski definition) is 3. The van der Waals surface area contributed by atoms with Crippen molar-refractivity contribution in [1.29, 1.82) is 0 Å². The molecule has 0 spiro atoms. The number of carbonyl (C=O) groups is 2. The summed E-state index contributed by atoms with van der Waals surface area (Å²) in [4.78, 5) is 22.2. The highest BCUT2D eigenvalue weighted by atomic mass is 16.5. The predicted octanol–water partition coefficient (Wildman–Crippen LogP) is 1.23. The van der Waals surface area contributed by atoms with E-state index in [1.807, 2.05) is 24.3 Å². The Morgan fingerprint density at radius 2 is 1.94 bits per heavy atom. The van der Waals surface area contributed by atoms with Crippen LogP contribution in [0.3, 0.4) is 0 Å². The molecule has 1 fully saturated rings. The van der Waals surface area contributed by atoms with Crippen molar-refractivity contribution in [2.75, 3.05) is 7.11 Å². The first-order chi connectivity index (χ1) is 8.69. The summed E-state index contributed by atoms with van der Waals surface area (Å²) in [5.74, 6) is 0.607. The van der Waals surface area contributed by atoms with Crippen LogP contribution >= 0.6 is 0 Å². The number of ether oxygens (including phenoxy) is 1.